The molecular formula is C21H38O4Zn. The van der Waals surface area contributed by atoms with Gasteiger partial charge in [-0.2, -0.15) is 0 Å². The van der Waals surface area contributed by atoms with Crippen LogP contribution in [0.5, 0.6) is 0 Å². The monoisotopic (exact) mass is 418 g/mol. The molecule has 0 radical (unpaired) electrons. The Bertz CT molecular complexity index is 319. The molecule has 0 aromatic rings. The van der Waals surface area contributed by atoms with E-state index in [0.29, 0.717) is 0 Å². The van der Waals surface area contributed by atoms with Crippen LogP contribution in [0.1, 0.15) is 110 Å². The van der Waals surface area contributed by atoms with Gasteiger partial charge in [0.15, 0.2) is 0 Å². The third-order valence-corrected chi connectivity index (χ3v) is 4.15. The van der Waals surface area contributed by atoms with Gasteiger partial charge in [0.2, 0.25) is 0 Å². The molecule has 0 unspecified atom stereocenters. The van der Waals surface area contributed by atoms with E-state index in [1.54, 1.807) is 0 Å². The maximum Gasteiger partial charge on any atom is 2.00 e. The fourth-order valence-corrected chi connectivity index (χ4v) is 2.64. The van der Waals surface area contributed by atoms with Crippen LogP contribution in [-0.2, 0) is 29.1 Å². The van der Waals surface area contributed by atoms with E-state index in [-0.39, 0.29) is 25.9 Å². The predicted octanol–water partition coefficient (Wildman–Crippen LogP) is 3.92. The third kappa shape index (κ3) is 34.6. The molecule has 0 atom stereocenters. The van der Waals surface area contributed by atoms with Crippen LogP contribution in [0, 0.1) is 0 Å². The van der Waals surface area contributed by atoms with Gasteiger partial charge >= 0.3 is 19.5 Å². The first-order chi connectivity index (χ1) is 12.0. The molecule has 0 heterocycles. The van der Waals surface area contributed by atoms with Gasteiger partial charge in [-0.15, -0.1) is 0 Å². The molecule has 0 amide bonds. The van der Waals surface area contributed by atoms with Crippen LogP contribution < -0.4 is 10.2 Å². The van der Waals surface area contributed by atoms with Crippen LogP contribution in [0.2, 0.25) is 0 Å². The van der Waals surface area contributed by atoms with Gasteiger partial charge in [-0.05, 0) is 18.9 Å². The standard InChI is InChI=1S/C18H36O2.C3H4O2.Zn/c1-2-3-4-5-6-7-8-9-10-11-12-13-14-15-16-17-18(19)20;1-2-3(4)5;/h2-17H2,1H3,(H,19,20);2H,1H2,(H,4,5);/q;;+2/p-2. The number of carboxylic acids is 2. The first-order valence-electron chi connectivity index (χ1n) is 10.1. The molecule has 0 aliphatic carbocycles. The molecule has 0 aliphatic heterocycles. The average molecular weight is 420 g/mol. The summed E-state index contributed by atoms with van der Waals surface area (Å²) in [6.45, 7) is 5.17. The minimum Gasteiger partial charge on any atom is -0.550 e. The topological polar surface area (TPSA) is 80.3 Å². The zero-order valence-electron chi connectivity index (χ0n) is 16.9. The fraction of sp³-hybridized carbons (Fsp3) is 0.810. The van der Waals surface area contributed by atoms with Crippen molar-refractivity contribution < 1.29 is 39.3 Å². The summed E-state index contributed by atoms with van der Waals surface area (Å²) in [5.41, 5.74) is 0. The molecule has 0 saturated heterocycles. The smallest absolute Gasteiger partial charge is 0.550 e. The van der Waals surface area contributed by atoms with Gasteiger partial charge in [-0.3, -0.25) is 0 Å². The summed E-state index contributed by atoms with van der Waals surface area (Å²) in [5, 5.41) is 19.4. The Morgan fingerprint density at radius 2 is 0.962 bits per heavy atom. The molecule has 0 aliphatic rings. The Balaban J connectivity index is -0.000000772. The summed E-state index contributed by atoms with van der Waals surface area (Å²) in [6.07, 6.45) is 20.6. The average Bonchev–Trinajstić information content (AvgIpc) is 2.58. The van der Waals surface area contributed by atoms with Crippen molar-refractivity contribution in [3.63, 3.8) is 0 Å². The van der Waals surface area contributed by atoms with E-state index in [1.165, 1.54) is 83.5 Å². The number of aliphatic carboxylic acids is 2. The molecule has 0 rings (SSSR count). The van der Waals surface area contributed by atoms with Crippen molar-refractivity contribution in [1.82, 2.24) is 0 Å². The molecule has 5 heteroatoms. The number of unbranched alkanes of at least 4 members (excludes halogenated alkanes) is 14. The predicted molar refractivity (Wildman–Crippen MR) is 99.8 cm³/mol. The Labute approximate surface area is 173 Å². The molecule has 0 N–H and O–H groups in total. The zero-order valence-corrected chi connectivity index (χ0v) is 19.9. The number of carbonyl (C=O) groups is 2. The fourth-order valence-electron chi connectivity index (χ4n) is 2.64. The van der Waals surface area contributed by atoms with Gasteiger partial charge in [0.05, 0.1) is 5.97 Å². The first-order valence-corrected chi connectivity index (χ1v) is 10.1. The van der Waals surface area contributed by atoms with Crippen molar-refractivity contribution in [3.05, 3.63) is 12.7 Å². The third-order valence-electron chi connectivity index (χ3n) is 4.15. The summed E-state index contributed by atoms with van der Waals surface area (Å²) in [6, 6.07) is 0. The normalized spacial score (nSPS) is 9.58. The quantitative estimate of drug-likeness (QED) is 0.203. The van der Waals surface area contributed by atoms with Gasteiger partial charge in [-0.1, -0.05) is 103 Å². The van der Waals surface area contributed by atoms with Crippen molar-refractivity contribution in [2.45, 2.75) is 110 Å². The second-order valence-corrected chi connectivity index (χ2v) is 6.59. The maximum absolute atomic E-state index is 10.2. The number of carboxylic acid groups (broad SMARTS) is 2. The van der Waals surface area contributed by atoms with E-state index >= 15 is 0 Å². The molecule has 0 saturated carbocycles. The molecule has 0 aromatic carbocycles. The van der Waals surface area contributed by atoms with Crippen LogP contribution in [-0.4, -0.2) is 11.9 Å². The van der Waals surface area contributed by atoms with Crippen LogP contribution in [0.4, 0.5) is 0 Å². The first kappa shape index (κ1) is 30.0. The van der Waals surface area contributed by atoms with E-state index in [1.807, 2.05) is 0 Å². The molecule has 4 nitrogen and oxygen atoms in total. The molecule has 0 fully saturated rings. The number of carbonyl (C=O) groups excluding carboxylic acids is 2. The van der Waals surface area contributed by atoms with Crippen molar-refractivity contribution in [2.24, 2.45) is 0 Å². The molecule has 148 valence electrons. The summed E-state index contributed by atoms with van der Waals surface area (Å²) in [4.78, 5) is 19.4. The molecular weight excluding hydrogens is 382 g/mol. The summed E-state index contributed by atoms with van der Waals surface area (Å²) in [5.74, 6) is -2.13. The van der Waals surface area contributed by atoms with Gasteiger partial charge in [0.25, 0.3) is 0 Å². The molecule has 0 bridgehead atoms. The van der Waals surface area contributed by atoms with E-state index < -0.39 is 11.9 Å². The van der Waals surface area contributed by atoms with E-state index in [4.69, 9.17) is 9.90 Å². The molecule has 0 aromatic heterocycles. The number of rotatable bonds is 17. The minimum atomic E-state index is -1.23. The van der Waals surface area contributed by atoms with E-state index in [9.17, 15) is 9.90 Å². The van der Waals surface area contributed by atoms with Crippen LogP contribution in [0.25, 0.3) is 0 Å². The number of hydrogen-bond donors (Lipinski definition) is 0. The Hall–Kier alpha value is -0.697. The van der Waals surface area contributed by atoms with Gasteiger partial charge < -0.3 is 19.8 Å². The molecule has 0 spiro atoms. The van der Waals surface area contributed by atoms with E-state index in [2.05, 4.69) is 13.5 Å². The summed E-state index contributed by atoms with van der Waals surface area (Å²) >= 11 is 0. The summed E-state index contributed by atoms with van der Waals surface area (Å²) in [7, 11) is 0. The summed E-state index contributed by atoms with van der Waals surface area (Å²) < 4.78 is 0. The Kier molecular flexibility index (Phi) is 30.7. The van der Waals surface area contributed by atoms with Crippen molar-refractivity contribution >= 4 is 11.9 Å². The van der Waals surface area contributed by atoms with Crippen LogP contribution in [0.15, 0.2) is 12.7 Å². The van der Waals surface area contributed by atoms with Gasteiger partial charge in [0.1, 0.15) is 0 Å². The van der Waals surface area contributed by atoms with Crippen molar-refractivity contribution in [1.29, 1.82) is 0 Å². The van der Waals surface area contributed by atoms with Crippen LogP contribution in [0.3, 0.4) is 0 Å². The van der Waals surface area contributed by atoms with Crippen LogP contribution >= 0.6 is 0 Å². The second kappa shape index (κ2) is 26.5. The molecule has 26 heavy (non-hydrogen) atoms. The Morgan fingerprint density at radius 3 is 1.19 bits per heavy atom. The second-order valence-electron chi connectivity index (χ2n) is 6.59. The van der Waals surface area contributed by atoms with Gasteiger partial charge in [-0.25, -0.2) is 0 Å². The SMILES string of the molecule is C=CC(=O)[O-].CCCCCCCCCCCCCCCCCC(=O)[O-].[Zn+2]. The number of hydrogen-bond acceptors (Lipinski definition) is 4. The maximum atomic E-state index is 10.2. The minimum absolute atomic E-state index is 0. The van der Waals surface area contributed by atoms with E-state index in [0.717, 1.165) is 18.9 Å². The largest absolute Gasteiger partial charge is 2.00 e. The zero-order chi connectivity index (χ0) is 19.2. The van der Waals surface area contributed by atoms with Crippen molar-refractivity contribution in [3.8, 4) is 0 Å². The Morgan fingerprint density at radius 1 is 0.692 bits per heavy atom. The van der Waals surface area contributed by atoms with Gasteiger partial charge in [0, 0.05) is 5.97 Å². The van der Waals surface area contributed by atoms with Crippen molar-refractivity contribution in [2.75, 3.05) is 0 Å².